The van der Waals surface area contributed by atoms with Crippen molar-refractivity contribution < 1.29 is 4.74 Å². The summed E-state index contributed by atoms with van der Waals surface area (Å²) in [6.45, 7) is 2.24. The molecule has 1 aliphatic heterocycles. The van der Waals surface area contributed by atoms with Crippen LogP contribution in [0.4, 0.5) is 0 Å². The summed E-state index contributed by atoms with van der Waals surface area (Å²) in [5, 5.41) is 0.657. The smallest absolute Gasteiger partial charge is 0.254 e. The van der Waals surface area contributed by atoms with Gasteiger partial charge in [0.1, 0.15) is 11.6 Å². The molecule has 0 spiro atoms. The predicted octanol–water partition coefficient (Wildman–Crippen LogP) is 2.94. The van der Waals surface area contributed by atoms with Crippen LogP contribution in [0, 0.1) is 5.92 Å². The highest BCUT2D eigenvalue weighted by Gasteiger charge is 2.25. The van der Waals surface area contributed by atoms with Crippen molar-refractivity contribution >= 4 is 11.6 Å². The fourth-order valence-electron chi connectivity index (χ4n) is 3.45. The maximum Gasteiger partial charge on any atom is 0.254 e. The molecule has 1 saturated carbocycles. The number of benzene rings is 1. The minimum Gasteiger partial charge on any atom is -0.495 e. The molecule has 5 nitrogen and oxygen atoms in total. The molecule has 6 heteroatoms. The zero-order chi connectivity index (χ0) is 17.4. The van der Waals surface area contributed by atoms with Crippen LogP contribution in [0.2, 0.25) is 5.02 Å². The summed E-state index contributed by atoms with van der Waals surface area (Å²) in [4.78, 5) is 22.3. The summed E-state index contributed by atoms with van der Waals surface area (Å²) in [6.07, 6.45) is 4.12. The van der Waals surface area contributed by atoms with E-state index in [1.165, 1.54) is 12.8 Å². The molecule has 1 aromatic carbocycles. The van der Waals surface area contributed by atoms with E-state index in [1.54, 1.807) is 7.11 Å². The number of methoxy groups -OCH3 is 1. The van der Waals surface area contributed by atoms with Crippen molar-refractivity contribution in [1.82, 2.24) is 14.9 Å². The highest BCUT2D eigenvalue weighted by Crippen LogP contribution is 2.32. The third kappa shape index (κ3) is 3.58. The number of nitrogens with zero attached hydrogens (tertiary/aromatic N) is 2. The van der Waals surface area contributed by atoms with Crippen molar-refractivity contribution in [2.75, 3.05) is 13.7 Å². The largest absolute Gasteiger partial charge is 0.495 e. The van der Waals surface area contributed by atoms with Gasteiger partial charge in [-0.25, -0.2) is 4.98 Å². The van der Waals surface area contributed by atoms with Crippen LogP contribution in [-0.2, 0) is 25.9 Å². The number of H-pyrrole nitrogens is 1. The lowest BCUT2D eigenvalue weighted by Gasteiger charge is -2.28. The van der Waals surface area contributed by atoms with E-state index in [-0.39, 0.29) is 5.56 Å². The van der Waals surface area contributed by atoms with E-state index >= 15 is 0 Å². The van der Waals surface area contributed by atoms with Gasteiger partial charge in [-0.3, -0.25) is 9.69 Å². The molecule has 1 N–H and O–H groups in total. The van der Waals surface area contributed by atoms with Crippen LogP contribution in [0.3, 0.4) is 0 Å². The molecule has 132 valence electrons. The molecule has 0 atom stereocenters. The van der Waals surface area contributed by atoms with Crippen LogP contribution in [0.25, 0.3) is 0 Å². The third-order valence-electron chi connectivity index (χ3n) is 5.04. The fourth-order valence-corrected chi connectivity index (χ4v) is 3.71. The summed E-state index contributed by atoms with van der Waals surface area (Å²) < 4.78 is 5.30. The first kappa shape index (κ1) is 16.6. The molecule has 2 aromatic rings. The van der Waals surface area contributed by atoms with Crippen molar-refractivity contribution in [2.24, 2.45) is 5.92 Å². The number of fused-ring (bicyclic) bond motifs is 1. The van der Waals surface area contributed by atoms with Crippen molar-refractivity contribution in [1.29, 1.82) is 0 Å². The first-order valence-corrected chi connectivity index (χ1v) is 9.16. The summed E-state index contributed by atoms with van der Waals surface area (Å²) in [5.74, 6) is 2.24. The molecular formula is C19H22ClN3O2. The van der Waals surface area contributed by atoms with Crippen molar-refractivity contribution in [3.05, 3.63) is 56.2 Å². The van der Waals surface area contributed by atoms with Crippen molar-refractivity contribution in [3.8, 4) is 5.75 Å². The fraction of sp³-hybridized carbons (Fsp3) is 0.474. The minimum absolute atomic E-state index is 0.0414. The second-order valence-electron chi connectivity index (χ2n) is 6.98. The standard InChI is InChI=1S/C19H22ClN3O2/c1-25-16-4-2-3-13(18(16)20)10-23-8-7-14-15(11-23)21-17(22-19(14)24)9-12-5-6-12/h2-4,12H,5-11H2,1H3,(H,21,22,24). The van der Waals surface area contributed by atoms with Crippen molar-refractivity contribution in [3.63, 3.8) is 0 Å². The summed E-state index contributed by atoms with van der Waals surface area (Å²) in [5.41, 5.74) is 2.84. The highest BCUT2D eigenvalue weighted by molar-refractivity contribution is 6.32. The second-order valence-corrected chi connectivity index (χ2v) is 7.36. The first-order valence-electron chi connectivity index (χ1n) is 8.78. The van der Waals surface area contributed by atoms with Crippen LogP contribution in [0.15, 0.2) is 23.0 Å². The van der Waals surface area contributed by atoms with Crippen LogP contribution < -0.4 is 10.3 Å². The number of aromatic nitrogens is 2. The average molecular weight is 360 g/mol. The molecule has 0 bridgehead atoms. The lowest BCUT2D eigenvalue weighted by Crippen LogP contribution is -2.35. The Kier molecular flexibility index (Phi) is 4.52. The maximum absolute atomic E-state index is 12.3. The number of nitrogens with one attached hydrogen (secondary N) is 1. The quantitative estimate of drug-likeness (QED) is 0.891. The molecule has 0 saturated heterocycles. The van der Waals surface area contributed by atoms with E-state index in [0.717, 1.165) is 48.6 Å². The highest BCUT2D eigenvalue weighted by atomic mass is 35.5. The van der Waals surface area contributed by atoms with E-state index < -0.39 is 0 Å². The van der Waals surface area contributed by atoms with Gasteiger partial charge in [0, 0.05) is 31.6 Å². The van der Waals surface area contributed by atoms with Gasteiger partial charge in [0.15, 0.2) is 0 Å². The van der Waals surface area contributed by atoms with Gasteiger partial charge in [0.25, 0.3) is 5.56 Å². The number of halogens is 1. The molecule has 0 amide bonds. The molecule has 2 aliphatic rings. The van der Waals surface area contributed by atoms with Gasteiger partial charge in [-0.15, -0.1) is 0 Å². The van der Waals surface area contributed by atoms with E-state index in [4.69, 9.17) is 21.3 Å². The van der Waals surface area contributed by atoms with Crippen LogP contribution in [-0.4, -0.2) is 28.5 Å². The Bertz CT molecular complexity index is 845. The normalized spacial score (nSPS) is 17.4. The zero-order valence-corrected chi connectivity index (χ0v) is 15.1. The number of hydrogen-bond donors (Lipinski definition) is 1. The Morgan fingerprint density at radius 3 is 3.00 bits per heavy atom. The number of ether oxygens (including phenoxy) is 1. The van der Waals surface area contributed by atoms with Crippen molar-refractivity contribution in [2.45, 2.75) is 38.8 Å². The monoisotopic (exact) mass is 359 g/mol. The molecule has 1 aromatic heterocycles. The van der Waals surface area contributed by atoms with E-state index in [9.17, 15) is 4.79 Å². The topological polar surface area (TPSA) is 58.2 Å². The second kappa shape index (κ2) is 6.81. The number of aromatic amines is 1. The van der Waals surface area contributed by atoms with Crippen LogP contribution in [0.1, 0.15) is 35.5 Å². The Balaban J connectivity index is 1.54. The third-order valence-corrected chi connectivity index (χ3v) is 5.47. The maximum atomic E-state index is 12.3. The van der Waals surface area contributed by atoms with E-state index in [2.05, 4.69) is 9.88 Å². The van der Waals surface area contributed by atoms with Gasteiger partial charge in [-0.2, -0.15) is 0 Å². The number of rotatable bonds is 5. The Hall–Kier alpha value is -1.85. The van der Waals surface area contributed by atoms with Gasteiger partial charge >= 0.3 is 0 Å². The molecule has 2 heterocycles. The average Bonchev–Trinajstić information content (AvgIpc) is 3.40. The Morgan fingerprint density at radius 2 is 2.24 bits per heavy atom. The molecule has 0 unspecified atom stereocenters. The molecule has 0 radical (unpaired) electrons. The van der Waals surface area contributed by atoms with E-state index in [0.29, 0.717) is 23.2 Å². The van der Waals surface area contributed by atoms with Crippen LogP contribution in [0.5, 0.6) is 5.75 Å². The molecule has 4 rings (SSSR count). The lowest BCUT2D eigenvalue weighted by molar-refractivity contribution is 0.239. The molecule has 25 heavy (non-hydrogen) atoms. The Morgan fingerprint density at radius 1 is 1.40 bits per heavy atom. The molecular weight excluding hydrogens is 338 g/mol. The molecule has 1 aliphatic carbocycles. The number of hydrogen-bond acceptors (Lipinski definition) is 4. The van der Waals surface area contributed by atoms with E-state index in [1.807, 2.05) is 18.2 Å². The van der Waals surface area contributed by atoms with Crippen LogP contribution >= 0.6 is 11.6 Å². The van der Waals surface area contributed by atoms with Gasteiger partial charge in [0.2, 0.25) is 0 Å². The molecule has 1 fully saturated rings. The van der Waals surface area contributed by atoms with Gasteiger partial charge in [0.05, 0.1) is 17.8 Å². The summed E-state index contributed by atoms with van der Waals surface area (Å²) in [6, 6.07) is 5.83. The first-order chi connectivity index (χ1) is 12.1. The van der Waals surface area contributed by atoms with Gasteiger partial charge in [-0.1, -0.05) is 23.7 Å². The minimum atomic E-state index is 0.0414. The van der Waals surface area contributed by atoms with Gasteiger partial charge < -0.3 is 9.72 Å². The lowest BCUT2D eigenvalue weighted by atomic mass is 10.1. The summed E-state index contributed by atoms with van der Waals surface area (Å²) >= 11 is 6.42. The Labute approximate surface area is 152 Å². The SMILES string of the molecule is COc1cccc(CN2CCc3c(nc(CC4CC4)[nH]c3=O)C2)c1Cl. The van der Waals surface area contributed by atoms with Gasteiger partial charge in [-0.05, 0) is 36.8 Å². The predicted molar refractivity (Wildman–Crippen MR) is 97.1 cm³/mol. The summed E-state index contributed by atoms with van der Waals surface area (Å²) in [7, 11) is 1.62. The zero-order valence-electron chi connectivity index (χ0n) is 14.3.